The highest BCUT2D eigenvalue weighted by Gasteiger charge is 2.28. The number of thiophene rings is 2. The average Bonchev–Trinajstić information content (AvgIpc) is 3.64. The number of nitrogens with two attached hydrogens (primary N) is 1. The highest BCUT2D eigenvalue weighted by atomic mass is 32.2. The third-order valence-corrected chi connectivity index (χ3v) is 10.8. The molecule has 0 amide bonds. The van der Waals surface area contributed by atoms with Gasteiger partial charge in [-0.05, 0) is 28.5 Å². The molecule has 0 aliphatic heterocycles. The fourth-order valence-electron chi connectivity index (χ4n) is 5.01. The molecule has 0 spiro atoms. The van der Waals surface area contributed by atoms with E-state index in [-0.39, 0.29) is 33.4 Å². The van der Waals surface area contributed by atoms with Crippen molar-refractivity contribution < 1.29 is 9.59 Å². The molecule has 0 aliphatic rings. The van der Waals surface area contributed by atoms with Crippen molar-refractivity contribution in [1.29, 1.82) is 10.5 Å². The summed E-state index contributed by atoms with van der Waals surface area (Å²) >= 11 is 3.60. The van der Waals surface area contributed by atoms with Gasteiger partial charge in [-0.15, -0.1) is 34.4 Å². The molecule has 0 fully saturated rings. The lowest BCUT2D eigenvalue weighted by Crippen LogP contribution is -2.03. The Bertz CT molecular complexity index is 2160. The highest BCUT2D eigenvalue weighted by molar-refractivity contribution is 8.00. The molecule has 0 radical (unpaired) electrons. The Morgan fingerprint density at radius 2 is 1.11 bits per heavy atom. The van der Waals surface area contributed by atoms with Crippen molar-refractivity contribution >= 4 is 62.4 Å². The second-order valence-corrected chi connectivity index (χ2v) is 13.2. The molecule has 0 unspecified atom stereocenters. The van der Waals surface area contributed by atoms with Crippen LogP contribution < -0.4 is 11.1 Å². The fourth-order valence-corrected chi connectivity index (χ4v) is 7.88. The number of hydrogen-bond donors (Lipinski definition) is 2. The third-order valence-electron chi connectivity index (χ3n) is 7.39. The van der Waals surface area contributed by atoms with Gasteiger partial charge in [-0.2, -0.15) is 10.5 Å². The molecule has 2 aromatic heterocycles. The largest absolute Gasteiger partial charge is 0.396 e. The fraction of sp³-hybridized carbons (Fsp3) is 0.0270. The molecule has 3 N–H and O–H groups in total. The molecule has 6 rings (SSSR count). The van der Waals surface area contributed by atoms with Crippen LogP contribution in [0.4, 0.5) is 16.4 Å². The van der Waals surface area contributed by atoms with Crippen molar-refractivity contribution in [2.24, 2.45) is 0 Å². The predicted octanol–water partition coefficient (Wildman–Crippen LogP) is 9.40. The molecule has 0 saturated carbocycles. The smallest absolute Gasteiger partial charge is 0.205 e. The van der Waals surface area contributed by atoms with E-state index in [1.165, 1.54) is 23.1 Å². The Hall–Kier alpha value is -5.45. The van der Waals surface area contributed by atoms with Crippen LogP contribution in [0.2, 0.25) is 0 Å². The van der Waals surface area contributed by atoms with E-state index in [1.807, 2.05) is 91.2 Å². The molecule has 46 heavy (non-hydrogen) atoms. The van der Waals surface area contributed by atoms with Crippen LogP contribution in [0.3, 0.4) is 0 Å². The number of nitrogens with one attached hydrogen (secondary N) is 1. The molecule has 0 atom stereocenters. The van der Waals surface area contributed by atoms with E-state index in [4.69, 9.17) is 5.73 Å². The molecule has 0 aliphatic carbocycles. The van der Waals surface area contributed by atoms with E-state index >= 15 is 0 Å². The minimum absolute atomic E-state index is 0.0512. The molecule has 2 heterocycles. The first kappa shape index (κ1) is 30.6. The van der Waals surface area contributed by atoms with Crippen LogP contribution in [-0.4, -0.2) is 17.8 Å². The highest BCUT2D eigenvalue weighted by Crippen LogP contribution is 2.45. The van der Waals surface area contributed by atoms with E-state index in [9.17, 15) is 20.1 Å². The maximum atomic E-state index is 13.9. The van der Waals surface area contributed by atoms with Gasteiger partial charge in [0.05, 0.1) is 15.6 Å². The Kier molecular flexibility index (Phi) is 8.82. The van der Waals surface area contributed by atoms with Gasteiger partial charge in [0.15, 0.2) is 0 Å². The quantitative estimate of drug-likeness (QED) is 0.118. The summed E-state index contributed by atoms with van der Waals surface area (Å²) in [5.41, 5.74) is 12.0. The van der Waals surface area contributed by atoms with Gasteiger partial charge in [-0.1, -0.05) is 109 Å². The number of thioether (sulfide) groups is 1. The summed E-state index contributed by atoms with van der Waals surface area (Å²) in [6, 6.07) is 38.5. The van der Waals surface area contributed by atoms with Crippen molar-refractivity contribution in [2.45, 2.75) is 4.21 Å². The Morgan fingerprint density at radius 1 is 0.652 bits per heavy atom. The number of hydrogen-bond acceptors (Lipinski definition) is 9. The Balaban J connectivity index is 1.34. The Morgan fingerprint density at radius 3 is 1.57 bits per heavy atom. The van der Waals surface area contributed by atoms with Gasteiger partial charge < -0.3 is 11.1 Å². The summed E-state index contributed by atoms with van der Waals surface area (Å²) in [7, 11) is 0. The van der Waals surface area contributed by atoms with Gasteiger partial charge in [-0.3, -0.25) is 9.59 Å². The SMILES string of the molecule is CSc1sc(C(=O)c2ccc(-c3ccccc3)cc2)c(Nc2sc(C(=O)c3ccc(-c4ccccc4)cc3)c(N)c2C#N)c1C#N. The summed E-state index contributed by atoms with van der Waals surface area (Å²) in [5, 5.41) is 23.6. The zero-order valence-corrected chi connectivity index (χ0v) is 26.9. The number of nitriles is 2. The van der Waals surface area contributed by atoms with Gasteiger partial charge in [0.25, 0.3) is 0 Å². The minimum atomic E-state index is -0.322. The maximum absolute atomic E-state index is 13.9. The topological polar surface area (TPSA) is 120 Å². The van der Waals surface area contributed by atoms with Gasteiger partial charge >= 0.3 is 0 Å². The van der Waals surface area contributed by atoms with Gasteiger partial charge in [0.2, 0.25) is 11.6 Å². The van der Waals surface area contributed by atoms with Gasteiger partial charge in [-0.25, -0.2) is 0 Å². The van der Waals surface area contributed by atoms with Crippen molar-refractivity contribution in [3.8, 4) is 34.4 Å². The van der Waals surface area contributed by atoms with Crippen molar-refractivity contribution in [3.63, 3.8) is 0 Å². The third kappa shape index (κ3) is 5.83. The molecule has 222 valence electrons. The van der Waals surface area contributed by atoms with Crippen LogP contribution in [0.5, 0.6) is 0 Å². The van der Waals surface area contributed by atoms with Crippen molar-refractivity contribution in [1.82, 2.24) is 0 Å². The van der Waals surface area contributed by atoms with Crippen molar-refractivity contribution in [2.75, 3.05) is 17.3 Å². The molecular weight excluding hydrogens is 629 g/mol. The zero-order chi connectivity index (χ0) is 32.2. The first-order valence-electron chi connectivity index (χ1n) is 14.0. The number of rotatable bonds is 9. The Labute approximate surface area is 278 Å². The van der Waals surface area contributed by atoms with Gasteiger partial charge in [0.1, 0.15) is 38.0 Å². The van der Waals surface area contributed by atoms with Crippen LogP contribution in [0, 0.1) is 22.7 Å². The number of carbonyl (C=O) groups is 2. The number of ketones is 2. The summed E-state index contributed by atoms with van der Waals surface area (Å²) in [4.78, 5) is 28.0. The number of nitrogens with zero attached hydrogens (tertiary/aromatic N) is 2. The van der Waals surface area contributed by atoms with Crippen molar-refractivity contribution in [3.05, 3.63) is 141 Å². The van der Waals surface area contributed by atoms with Crippen LogP contribution in [-0.2, 0) is 0 Å². The number of nitrogen functional groups attached to an aromatic ring is 1. The number of benzene rings is 4. The normalized spacial score (nSPS) is 10.6. The summed E-state index contributed by atoms with van der Waals surface area (Å²) in [5.74, 6) is -0.584. The zero-order valence-electron chi connectivity index (χ0n) is 24.4. The van der Waals surface area contributed by atoms with Crippen LogP contribution in [0.1, 0.15) is 41.6 Å². The molecule has 0 bridgehead atoms. The van der Waals surface area contributed by atoms with E-state index in [0.29, 0.717) is 30.8 Å². The predicted molar refractivity (Wildman–Crippen MR) is 188 cm³/mol. The van der Waals surface area contributed by atoms with Crippen LogP contribution in [0.15, 0.2) is 113 Å². The maximum Gasteiger partial charge on any atom is 0.205 e. The molecule has 9 heteroatoms. The van der Waals surface area contributed by atoms with Crippen LogP contribution in [0.25, 0.3) is 22.3 Å². The second-order valence-electron chi connectivity index (χ2n) is 10.1. The lowest BCUT2D eigenvalue weighted by Gasteiger charge is -2.08. The molecule has 6 nitrogen and oxygen atoms in total. The van der Waals surface area contributed by atoms with E-state index in [2.05, 4.69) is 17.5 Å². The first-order valence-corrected chi connectivity index (χ1v) is 16.9. The molecular formula is C37H24N4O2S3. The standard InChI is InChI=1S/C37H24N4O2S3/c1-44-37-29(21-39)31(35(46-37)33(43)27-18-14-25(15-19-27)23-10-6-3-7-11-23)41-36-28(20-38)30(40)34(45-36)32(42)26-16-12-24(13-17-26)22-8-4-2-5-9-22/h2-19,41H,40H2,1H3. The van der Waals surface area contributed by atoms with E-state index < -0.39 is 0 Å². The second kappa shape index (κ2) is 13.3. The molecule has 0 saturated heterocycles. The average molecular weight is 653 g/mol. The van der Waals surface area contributed by atoms with Gasteiger partial charge in [0, 0.05) is 11.1 Å². The lowest BCUT2D eigenvalue weighted by molar-refractivity contribution is 0.103. The van der Waals surface area contributed by atoms with E-state index in [1.54, 1.807) is 24.3 Å². The number of anilines is 3. The minimum Gasteiger partial charge on any atom is -0.396 e. The summed E-state index contributed by atoms with van der Waals surface area (Å²) < 4.78 is 0.659. The monoisotopic (exact) mass is 652 g/mol. The first-order chi connectivity index (χ1) is 22.4. The number of carbonyl (C=O) groups excluding carboxylic acids is 2. The molecule has 4 aromatic carbocycles. The summed E-state index contributed by atoms with van der Waals surface area (Å²) in [6.45, 7) is 0. The van der Waals surface area contributed by atoms with E-state index in [0.717, 1.165) is 33.6 Å². The summed E-state index contributed by atoms with van der Waals surface area (Å²) in [6.07, 6.45) is 1.84. The molecule has 6 aromatic rings. The lowest BCUT2D eigenvalue weighted by atomic mass is 10.0. The van der Waals surface area contributed by atoms with Crippen LogP contribution >= 0.6 is 34.4 Å².